The number of fused-ring (bicyclic) bond motifs is 12. The molecule has 8 aromatic carbocycles. The van der Waals surface area contributed by atoms with Crippen LogP contribution in [0.3, 0.4) is 0 Å². The molecule has 1 atom stereocenters. The van der Waals surface area contributed by atoms with E-state index in [1.54, 1.807) is 0 Å². The summed E-state index contributed by atoms with van der Waals surface area (Å²) in [7, 11) is 0. The predicted molar refractivity (Wildman–Crippen MR) is 242 cm³/mol. The third-order valence-electron chi connectivity index (χ3n) is 14.3. The number of rotatable bonds is 4. The van der Waals surface area contributed by atoms with Crippen LogP contribution in [0.2, 0.25) is 0 Å². The van der Waals surface area contributed by atoms with E-state index < -0.39 is 5.41 Å². The highest BCUT2D eigenvalue weighted by Gasteiger charge is 2.54. The zero-order valence-corrected chi connectivity index (χ0v) is 33.9. The third-order valence-corrected chi connectivity index (χ3v) is 14.3. The average Bonchev–Trinajstić information content (AvgIpc) is 3.68. The van der Waals surface area contributed by atoms with Crippen molar-refractivity contribution in [2.75, 3.05) is 0 Å². The predicted octanol–water partition coefficient (Wildman–Crippen LogP) is 13.1. The van der Waals surface area contributed by atoms with Crippen molar-refractivity contribution in [3.63, 3.8) is 0 Å². The topological polar surface area (TPSA) is 15.0 Å². The van der Waals surface area contributed by atoms with Gasteiger partial charge in [0, 0.05) is 16.4 Å². The average molecular weight is 758 g/mol. The summed E-state index contributed by atoms with van der Waals surface area (Å²) < 4.78 is 2.55. The van der Waals surface area contributed by atoms with Crippen LogP contribution in [-0.2, 0) is 16.2 Å². The largest absolute Gasteiger partial charge is 0.289 e. The standard InChI is InChI=1S/C57H44N2/c1-55(2)45-20-10-8-18-41(45)43-32-30-39(34-51(43)55)54-58-53(38-28-26-37(27-29-38)36-16-6-5-7-17-36)59(54)40-31-33-44-42-19-9-11-21-46(42)57(52(44)35-40)49-24-14-12-22-47(49)56(3,4)48-23-13-15-25-50(48)57/h5-35,53H,1-4H3/p+1. The molecule has 2 heteroatoms. The third kappa shape index (κ3) is 4.55. The van der Waals surface area contributed by atoms with Crippen molar-refractivity contribution in [1.82, 2.24) is 5.32 Å². The van der Waals surface area contributed by atoms with Gasteiger partial charge >= 0.3 is 0 Å². The SMILES string of the molecule is CC1(C)c2ccccc2-c2ccc(C3=[N+](c4ccc5c(c4)C4(c6ccccc6-5)c5ccccc5C(C)(C)c5ccccc54)C(c4ccc(-c5ccccc5)cc4)N3)cc21. The lowest BCUT2D eigenvalue weighted by molar-refractivity contribution is -0.531. The van der Waals surface area contributed by atoms with Crippen LogP contribution >= 0.6 is 0 Å². The van der Waals surface area contributed by atoms with Gasteiger partial charge in [-0.1, -0.05) is 173 Å². The van der Waals surface area contributed by atoms with Crippen LogP contribution in [0.15, 0.2) is 188 Å². The molecule has 0 radical (unpaired) electrons. The smallest absolute Gasteiger partial charge is 0.229 e. The van der Waals surface area contributed by atoms with Gasteiger partial charge in [-0.2, -0.15) is 4.58 Å². The molecule has 0 saturated carbocycles. The molecule has 1 unspecified atom stereocenters. The number of amidine groups is 1. The van der Waals surface area contributed by atoms with Crippen LogP contribution in [-0.4, -0.2) is 10.4 Å². The lowest BCUT2D eigenvalue weighted by Crippen LogP contribution is -2.51. The molecule has 1 aliphatic heterocycles. The Labute approximate surface area is 347 Å². The summed E-state index contributed by atoms with van der Waals surface area (Å²) in [5, 5.41) is 4.00. The Bertz CT molecular complexity index is 3020. The maximum Gasteiger partial charge on any atom is 0.289 e. The fraction of sp³-hybridized carbons (Fsp3) is 0.140. The van der Waals surface area contributed by atoms with E-state index >= 15 is 0 Å². The van der Waals surface area contributed by atoms with E-state index in [0.29, 0.717) is 0 Å². The Kier molecular flexibility index (Phi) is 7.05. The van der Waals surface area contributed by atoms with Crippen LogP contribution in [0.25, 0.3) is 33.4 Å². The van der Waals surface area contributed by atoms with Gasteiger partial charge in [0.25, 0.3) is 12.0 Å². The molecule has 4 aliphatic rings. The van der Waals surface area contributed by atoms with Crippen LogP contribution in [0.1, 0.15) is 89.5 Å². The fourth-order valence-corrected chi connectivity index (χ4v) is 11.4. The molecule has 1 spiro atoms. The molecule has 59 heavy (non-hydrogen) atoms. The highest BCUT2D eigenvalue weighted by atomic mass is 15.3. The lowest BCUT2D eigenvalue weighted by Gasteiger charge is -2.46. The first-order valence-corrected chi connectivity index (χ1v) is 21.1. The Morgan fingerprint density at radius 1 is 0.373 bits per heavy atom. The van der Waals surface area contributed by atoms with Crippen molar-refractivity contribution < 1.29 is 4.58 Å². The maximum absolute atomic E-state index is 4.00. The van der Waals surface area contributed by atoms with Gasteiger partial charge in [-0.3, -0.25) is 0 Å². The normalized spacial score (nSPS) is 17.8. The second kappa shape index (κ2) is 12.1. The maximum atomic E-state index is 4.00. The van der Waals surface area contributed by atoms with Gasteiger partial charge in [0.1, 0.15) is 5.69 Å². The Morgan fingerprint density at radius 3 is 1.53 bits per heavy atom. The van der Waals surface area contributed by atoms with E-state index in [0.717, 1.165) is 5.84 Å². The van der Waals surface area contributed by atoms with Gasteiger partial charge in [0.05, 0.1) is 11.0 Å². The lowest BCUT2D eigenvalue weighted by atomic mass is 9.55. The van der Waals surface area contributed by atoms with Crippen molar-refractivity contribution in [2.45, 2.75) is 50.1 Å². The molecule has 282 valence electrons. The summed E-state index contributed by atoms with van der Waals surface area (Å²) in [6, 6.07) is 70.7. The van der Waals surface area contributed by atoms with Gasteiger partial charge in [0.2, 0.25) is 0 Å². The molecule has 0 fully saturated rings. The summed E-state index contributed by atoms with van der Waals surface area (Å²) in [5.74, 6) is 1.13. The first-order valence-electron chi connectivity index (χ1n) is 21.1. The van der Waals surface area contributed by atoms with E-state index in [2.05, 4.69) is 226 Å². The van der Waals surface area contributed by atoms with E-state index in [1.165, 1.54) is 94.7 Å². The molecule has 1 heterocycles. The second-order valence-electron chi connectivity index (χ2n) is 17.9. The summed E-state index contributed by atoms with van der Waals surface area (Å²) >= 11 is 0. The number of nitrogens with zero attached hydrogens (tertiary/aromatic N) is 1. The van der Waals surface area contributed by atoms with E-state index in [4.69, 9.17) is 0 Å². The van der Waals surface area contributed by atoms with Gasteiger partial charge in [-0.25, -0.2) is 5.32 Å². The molecule has 1 N–H and O–H groups in total. The highest BCUT2D eigenvalue weighted by molar-refractivity contribution is 6.00. The first kappa shape index (κ1) is 34.3. The number of nitrogens with one attached hydrogen (secondary N) is 1. The minimum Gasteiger partial charge on any atom is -0.229 e. The Hall–Kier alpha value is -6.77. The zero-order valence-electron chi connectivity index (χ0n) is 33.9. The molecule has 3 aliphatic carbocycles. The molecule has 12 rings (SSSR count). The van der Waals surface area contributed by atoms with Crippen molar-refractivity contribution in [3.05, 3.63) is 244 Å². The summed E-state index contributed by atoms with van der Waals surface area (Å²) in [6.07, 6.45) is -0.0454. The molecule has 2 nitrogen and oxygen atoms in total. The summed E-state index contributed by atoms with van der Waals surface area (Å²) in [6.45, 7) is 9.53. The first-order chi connectivity index (χ1) is 28.8. The molecule has 8 aromatic rings. The molecule has 0 saturated heterocycles. The monoisotopic (exact) mass is 757 g/mol. The minimum absolute atomic E-state index is 0.0454. The molecule has 0 aromatic heterocycles. The van der Waals surface area contributed by atoms with Gasteiger partial charge in [0.15, 0.2) is 0 Å². The Morgan fingerprint density at radius 2 is 0.847 bits per heavy atom. The van der Waals surface area contributed by atoms with Crippen molar-refractivity contribution >= 4 is 11.5 Å². The van der Waals surface area contributed by atoms with E-state index in [9.17, 15) is 0 Å². The van der Waals surface area contributed by atoms with Gasteiger partial charge in [-0.05, 0) is 120 Å². The fourth-order valence-electron chi connectivity index (χ4n) is 11.4. The number of hydrogen-bond donors (Lipinski definition) is 1. The highest BCUT2D eigenvalue weighted by Crippen LogP contribution is 2.62. The van der Waals surface area contributed by atoms with E-state index in [1.807, 2.05) is 0 Å². The zero-order chi connectivity index (χ0) is 39.7. The molecule has 0 amide bonds. The van der Waals surface area contributed by atoms with Crippen LogP contribution < -0.4 is 5.32 Å². The van der Waals surface area contributed by atoms with Crippen LogP contribution in [0.5, 0.6) is 0 Å². The van der Waals surface area contributed by atoms with Crippen molar-refractivity contribution in [2.24, 2.45) is 0 Å². The van der Waals surface area contributed by atoms with Crippen molar-refractivity contribution in [1.29, 1.82) is 0 Å². The molecular formula is C57H45N2+. The molecular weight excluding hydrogens is 713 g/mol. The molecule has 0 bridgehead atoms. The van der Waals surface area contributed by atoms with Crippen LogP contribution in [0.4, 0.5) is 5.69 Å². The number of benzene rings is 8. The Balaban J connectivity index is 1.09. The summed E-state index contributed by atoms with van der Waals surface area (Å²) in [4.78, 5) is 0. The summed E-state index contributed by atoms with van der Waals surface area (Å²) in [5.41, 5.74) is 21.7. The van der Waals surface area contributed by atoms with Crippen LogP contribution in [0, 0.1) is 0 Å². The van der Waals surface area contributed by atoms with Gasteiger partial charge < -0.3 is 0 Å². The number of hydrogen-bond acceptors (Lipinski definition) is 1. The second-order valence-corrected chi connectivity index (χ2v) is 17.9. The quantitative estimate of drug-likeness (QED) is 0.177. The minimum atomic E-state index is -0.459. The van der Waals surface area contributed by atoms with Gasteiger partial charge in [-0.15, -0.1) is 0 Å². The van der Waals surface area contributed by atoms with Crippen molar-refractivity contribution in [3.8, 4) is 33.4 Å². The van der Waals surface area contributed by atoms with E-state index in [-0.39, 0.29) is 17.0 Å².